The first kappa shape index (κ1) is 24.2. The van der Waals surface area contributed by atoms with Gasteiger partial charge >= 0.3 is 6.03 Å². The number of rotatable bonds is 10. The van der Waals surface area contributed by atoms with Crippen LogP contribution in [0.3, 0.4) is 0 Å². The van der Waals surface area contributed by atoms with Gasteiger partial charge in [-0.2, -0.15) is 0 Å². The van der Waals surface area contributed by atoms with E-state index in [4.69, 9.17) is 4.74 Å². The van der Waals surface area contributed by atoms with Gasteiger partial charge in [0, 0.05) is 12.7 Å². The molecule has 0 aliphatic carbocycles. The van der Waals surface area contributed by atoms with Gasteiger partial charge in [0.1, 0.15) is 11.8 Å². The normalized spacial score (nSPS) is 16.6. The van der Waals surface area contributed by atoms with Crippen LogP contribution in [-0.2, 0) is 16.0 Å². The number of methoxy groups -OCH3 is 1. The Kier molecular flexibility index (Phi) is 7.28. The summed E-state index contributed by atoms with van der Waals surface area (Å²) in [6.45, 7) is 4.35. The fraction of sp³-hybridized carbons (Fsp3) is 0.400. The second kappa shape index (κ2) is 10.5. The zero-order valence-electron chi connectivity index (χ0n) is 20.1. The van der Waals surface area contributed by atoms with Gasteiger partial charge in [-0.1, -0.05) is 32.0 Å². The van der Waals surface area contributed by atoms with Gasteiger partial charge in [0.25, 0.3) is 5.91 Å². The lowest BCUT2D eigenvalue weighted by atomic mass is 10.0. The largest absolute Gasteiger partial charge is 0.497 e. The highest BCUT2D eigenvalue weighted by Crippen LogP contribution is 2.21. The fourth-order valence-corrected chi connectivity index (χ4v) is 4.20. The minimum Gasteiger partial charge on any atom is -0.497 e. The summed E-state index contributed by atoms with van der Waals surface area (Å²) < 4.78 is 6.99. The van der Waals surface area contributed by atoms with E-state index in [2.05, 4.69) is 34.7 Å². The number of hydrogen-bond acceptors (Lipinski definition) is 6. The highest BCUT2D eigenvalue weighted by atomic mass is 16.5. The SMILES string of the molecule is COc1ccc(CCN2C(=O)N[C@H](CC(=O)N[C@H](CC(C)C)c3nnc4ccccn34)C2=O)cc1. The summed E-state index contributed by atoms with van der Waals surface area (Å²) in [6.07, 6.45) is 2.87. The van der Waals surface area contributed by atoms with Crippen molar-refractivity contribution in [2.24, 2.45) is 5.92 Å². The van der Waals surface area contributed by atoms with E-state index >= 15 is 0 Å². The number of carbonyl (C=O) groups excluding carboxylic acids is 3. The summed E-state index contributed by atoms with van der Waals surface area (Å²) in [5.41, 5.74) is 1.67. The van der Waals surface area contributed by atoms with Crippen LogP contribution in [0.15, 0.2) is 48.7 Å². The predicted molar refractivity (Wildman–Crippen MR) is 129 cm³/mol. The van der Waals surface area contributed by atoms with E-state index in [-0.39, 0.29) is 30.8 Å². The van der Waals surface area contributed by atoms with Gasteiger partial charge in [-0.05, 0) is 48.6 Å². The standard InChI is InChI=1S/C25H30N6O4/c1-16(2)14-19(23-29-28-21-6-4-5-12-30(21)23)26-22(32)15-20-24(33)31(25(34)27-20)13-11-17-7-9-18(35-3)10-8-17/h4-10,12,16,19-20H,11,13-15H2,1-3H3,(H,26,32)(H,27,34)/t19-,20-/m1/s1. The monoisotopic (exact) mass is 478 g/mol. The summed E-state index contributed by atoms with van der Waals surface area (Å²) in [4.78, 5) is 39.4. The molecule has 4 rings (SSSR count). The Morgan fingerprint density at radius 2 is 1.91 bits per heavy atom. The number of pyridine rings is 1. The molecule has 3 aromatic rings. The lowest BCUT2D eigenvalue weighted by Crippen LogP contribution is -2.38. The lowest BCUT2D eigenvalue weighted by molar-refractivity contribution is -0.131. The molecule has 0 spiro atoms. The molecule has 3 heterocycles. The Labute approximate surface area is 203 Å². The Morgan fingerprint density at radius 3 is 2.63 bits per heavy atom. The van der Waals surface area contributed by atoms with E-state index in [1.54, 1.807) is 7.11 Å². The van der Waals surface area contributed by atoms with Crippen molar-refractivity contribution in [1.29, 1.82) is 0 Å². The van der Waals surface area contributed by atoms with Crippen LogP contribution in [0.1, 0.15) is 44.1 Å². The number of nitrogens with zero attached hydrogens (tertiary/aromatic N) is 4. The highest BCUT2D eigenvalue weighted by molar-refractivity contribution is 6.05. The quantitative estimate of drug-likeness (QED) is 0.432. The fourth-order valence-electron chi connectivity index (χ4n) is 4.20. The lowest BCUT2D eigenvalue weighted by Gasteiger charge is -2.20. The zero-order valence-corrected chi connectivity index (χ0v) is 20.1. The van der Waals surface area contributed by atoms with Crippen molar-refractivity contribution in [3.63, 3.8) is 0 Å². The average Bonchev–Trinajstić information content (AvgIpc) is 3.38. The number of aromatic nitrogens is 3. The molecule has 10 nitrogen and oxygen atoms in total. The number of urea groups is 1. The Balaban J connectivity index is 1.38. The third-order valence-corrected chi connectivity index (χ3v) is 5.97. The Bertz CT molecular complexity index is 1210. The number of hydrogen-bond donors (Lipinski definition) is 2. The number of carbonyl (C=O) groups is 3. The summed E-state index contributed by atoms with van der Waals surface area (Å²) >= 11 is 0. The first-order chi connectivity index (χ1) is 16.9. The van der Waals surface area contributed by atoms with E-state index in [9.17, 15) is 14.4 Å². The van der Waals surface area contributed by atoms with E-state index in [1.165, 1.54) is 4.90 Å². The molecule has 4 amide bonds. The van der Waals surface area contributed by atoms with E-state index in [0.29, 0.717) is 24.3 Å². The molecule has 1 saturated heterocycles. The maximum Gasteiger partial charge on any atom is 0.324 e. The second-order valence-electron chi connectivity index (χ2n) is 9.03. The molecule has 0 unspecified atom stereocenters. The summed E-state index contributed by atoms with van der Waals surface area (Å²) in [5.74, 6) is 0.930. The maximum absolute atomic E-state index is 12.9. The van der Waals surface area contributed by atoms with Gasteiger partial charge in [0.15, 0.2) is 11.5 Å². The van der Waals surface area contributed by atoms with Crippen LogP contribution in [0.4, 0.5) is 4.79 Å². The third kappa shape index (κ3) is 5.59. The predicted octanol–water partition coefficient (Wildman–Crippen LogP) is 2.49. The van der Waals surface area contributed by atoms with Crippen molar-refractivity contribution in [3.8, 4) is 5.75 Å². The van der Waals surface area contributed by atoms with Gasteiger partial charge in [0.05, 0.1) is 19.6 Å². The molecule has 184 valence electrons. The van der Waals surface area contributed by atoms with Crippen LogP contribution in [-0.4, -0.2) is 57.0 Å². The molecule has 2 atom stereocenters. The van der Waals surface area contributed by atoms with Crippen molar-refractivity contribution < 1.29 is 19.1 Å². The molecule has 0 bridgehead atoms. The molecule has 35 heavy (non-hydrogen) atoms. The van der Waals surface area contributed by atoms with Crippen molar-refractivity contribution >= 4 is 23.5 Å². The molecule has 10 heteroatoms. The number of benzene rings is 1. The molecular formula is C25H30N6O4. The minimum absolute atomic E-state index is 0.144. The van der Waals surface area contributed by atoms with Crippen molar-refractivity contribution in [1.82, 2.24) is 30.1 Å². The van der Waals surface area contributed by atoms with E-state index in [0.717, 1.165) is 11.3 Å². The molecule has 1 aliphatic heterocycles. The minimum atomic E-state index is -0.895. The van der Waals surface area contributed by atoms with E-state index < -0.39 is 18.0 Å². The maximum atomic E-state index is 12.9. The average molecular weight is 479 g/mol. The topological polar surface area (TPSA) is 118 Å². The number of ether oxygens (including phenoxy) is 1. The molecule has 1 aromatic carbocycles. The summed E-state index contributed by atoms with van der Waals surface area (Å²) in [7, 11) is 1.60. The van der Waals surface area contributed by atoms with E-state index in [1.807, 2.05) is 53.1 Å². The van der Waals surface area contributed by atoms with Crippen molar-refractivity contribution in [2.45, 2.75) is 45.2 Å². The van der Waals surface area contributed by atoms with Gasteiger partial charge in [0.2, 0.25) is 5.91 Å². The molecule has 1 fully saturated rings. The molecule has 1 aliphatic rings. The Morgan fingerprint density at radius 1 is 1.14 bits per heavy atom. The first-order valence-corrected chi connectivity index (χ1v) is 11.7. The van der Waals surface area contributed by atoms with Crippen molar-refractivity contribution in [2.75, 3.05) is 13.7 Å². The van der Waals surface area contributed by atoms with Crippen LogP contribution in [0.25, 0.3) is 5.65 Å². The molecule has 0 radical (unpaired) electrons. The van der Waals surface area contributed by atoms with Gasteiger partial charge in [-0.15, -0.1) is 10.2 Å². The van der Waals surface area contributed by atoms with Gasteiger partial charge < -0.3 is 15.4 Å². The Hall–Kier alpha value is -3.95. The van der Waals surface area contributed by atoms with Crippen LogP contribution in [0.2, 0.25) is 0 Å². The first-order valence-electron chi connectivity index (χ1n) is 11.7. The summed E-state index contributed by atoms with van der Waals surface area (Å²) in [5, 5.41) is 14.1. The molecular weight excluding hydrogens is 448 g/mol. The van der Waals surface area contributed by atoms with Crippen LogP contribution in [0.5, 0.6) is 5.75 Å². The van der Waals surface area contributed by atoms with Crippen molar-refractivity contribution in [3.05, 3.63) is 60.0 Å². The van der Waals surface area contributed by atoms with Gasteiger partial charge in [-0.3, -0.25) is 18.9 Å². The number of fused-ring (bicyclic) bond motifs is 1. The second-order valence-corrected chi connectivity index (χ2v) is 9.03. The highest BCUT2D eigenvalue weighted by Gasteiger charge is 2.39. The molecule has 2 aromatic heterocycles. The van der Waals surface area contributed by atoms with Gasteiger partial charge in [-0.25, -0.2) is 4.79 Å². The van der Waals surface area contributed by atoms with Crippen LogP contribution in [0, 0.1) is 5.92 Å². The number of imide groups is 1. The van der Waals surface area contributed by atoms with Crippen LogP contribution < -0.4 is 15.4 Å². The molecule has 2 N–H and O–H groups in total. The third-order valence-electron chi connectivity index (χ3n) is 5.97. The zero-order chi connectivity index (χ0) is 24.9. The molecule has 0 saturated carbocycles. The summed E-state index contributed by atoms with van der Waals surface area (Å²) in [6, 6.07) is 11.3. The number of amides is 4. The number of nitrogens with one attached hydrogen (secondary N) is 2. The van der Waals surface area contributed by atoms with Crippen LogP contribution >= 0.6 is 0 Å². The smallest absolute Gasteiger partial charge is 0.324 e.